The fourth-order valence-corrected chi connectivity index (χ4v) is 1.57. The molecule has 1 rings (SSSR count). The Morgan fingerprint density at radius 2 is 1.86 bits per heavy atom. The van der Waals surface area contributed by atoms with Gasteiger partial charge in [-0.3, -0.25) is 4.79 Å². The molecule has 0 fully saturated rings. The SMILES string of the molecule is COc1cc(C)ccc1OCC(=O)NC(C)(C)C(C)(C)O. The maximum atomic E-state index is 12.0. The van der Waals surface area contributed by atoms with Gasteiger partial charge in [0.1, 0.15) is 0 Å². The molecule has 0 aliphatic carbocycles. The number of ether oxygens (including phenoxy) is 2. The molecule has 2 N–H and O–H groups in total. The molecule has 5 nitrogen and oxygen atoms in total. The first-order chi connectivity index (χ1) is 9.56. The topological polar surface area (TPSA) is 67.8 Å². The maximum Gasteiger partial charge on any atom is 0.258 e. The smallest absolute Gasteiger partial charge is 0.258 e. The highest BCUT2D eigenvalue weighted by atomic mass is 16.5. The van der Waals surface area contributed by atoms with Crippen LogP contribution < -0.4 is 14.8 Å². The molecule has 5 heteroatoms. The largest absolute Gasteiger partial charge is 0.493 e. The first kappa shape index (κ1) is 17.3. The molecule has 0 unspecified atom stereocenters. The number of hydrogen-bond acceptors (Lipinski definition) is 4. The van der Waals surface area contributed by atoms with Crippen LogP contribution in [0.1, 0.15) is 33.3 Å². The summed E-state index contributed by atoms with van der Waals surface area (Å²) in [4.78, 5) is 12.0. The lowest BCUT2D eigenvalue weighted by Gasteiger charge is -2.37. The normalized spacial score (nSPS) is 12.0. The molecule has 0 bridgehead atoms. The van der Waals surface area contributed by atoms with Gasteiger partial charge in [0.25, 0.3) is 5.91 Å². The van der Waals surface area contributed by atoms with Crippen LogP contribution in [0.2, 0.25) is 0 Å². The number of amides is 1. The van der Waals surface area contributed by atoms with Crippen LogP contribution in [-0.4, -0.2) is 35.9 Å². The third-order valence-electron chi connectivity index (χ3n) is 3.66. The summed E-state index contributed by atoms with van der Waals surface area (Å²) >= 11 is 0. The Morgan fingerprint density at radius 1 is 1.24 bits per heavy atom. The van der Waals surface area contributed by atoms with Crippen molar-refractivity contribution in [3.8, 4) is 11.5 Å². The van der Waals surface area contributed by atoms with Crippen LogP contribution in [-0.2, 0) is 4.79 Å². The lowest BCUT2D eigenvalue weighted by atomic mass is 9.86. The predicted molar refractivity (Wildman–Crippen MR) is 81.7 cm³/mol. The number of aryl methyl sites for hydroxylation is 1. The zero-order chi connectivity index (χ0) is 16.3. The maximum absolute atomic E-state index is 12.0. The summed E-state index contributed by atoms with van der Waals surface area (Å²) in [5.74, 6) is 0.800. The van der Waals surface area contributed by atoms with Crippen molar-refractivity contribution in [2.45, 2.75) is 45.8 Å². The van der Waals surface area contributed by atoms with Crippen molar-refractivity contribution < 1.29 is 19.4 Å². The van der Waals surface area contributed by atoms with E-state index in [1.165, 1.54) is 0 Å². The number of carbonyl (C=O) groups is 1. The highest BCUT2D eigenvalue weighted by Gasteiger charge is 2.36. The van der Waals surface area contributed by atoms with E-state index in [0.29, 0.717) is 11.5 Å². The quantitative estimate of drug-likeness (QED) is 0.843. The van der Waals surface area contributed by atoms with Crippen LogP contribution in [0.3, 0.4) is 0 Å². The van der Waals surface area contributed by atoms with E-state index in [1.54, 1.807) is 40.9 Å². The van der Waals surface area contributed by atoms with Gasteiger partial charge in [0.15, 0.2) is 18.1 Å². The average Bonchev–Trinajstić information content (AvgIpc) is 2.35. The van der Waals surface area contributed by atoms with E-state index >= 15 is 0 Å². The van der Waals surface area contributed by atoms with Crippen molar-refractivity contribution in [2.75, 3.05) is 13.7 Å². The Kier molecular flexibility index (Phi) is 5.23. The summed E-state index contributed by atoms with van der Waals surface area (Å²) in [5.41, 5.74) is -0.749. The average molecular weight is 295 g/mol. The molecule has 21 heavy (non-hydrogen) atoms. The Hall–Kier alpha value is -1.75. The highest BCUT2D eigenvalue weighted by molar-refractivity contribution is 5.78. The molecule has 0 atom stereocenters. The summed E-state index contributed by atoms with van der Waals surface area (Å²) in [7, 11) is 1.55. The molecule has 0 saturated carbocycles. The lowest BCUT2D eigenvalue weighted by molar-refractivity contribution is -0.128. The number of benzene rings is 1. The van der Waals surface area contributed by atoms with E-state index < -0.39 is 11.1 Å². The van der Waals surface area contributed by atoms with Crippen molar-refractivity contribution in [1.29, 1.82) is 0 Å². The van der Waals surface area contributed by atoms with E-state index in [1.807, 2.05) is 19.1 Å². The molecule has 118 valence electrons. The second kappa shape index (κ2) is 6.35. The van der Waals surface area contributed by atoms with Crippen molar-refractivity contribution in [1.82, 2.24) is 5.32 Å². The summed E-state index contributed by atoms with van der Waals surface area (Å²) < 4.78 is 10.7. The molecule has 1 amide bonds. The van der Waals surface area contributed by atoms with Gasteiger partial charge in [0.2, 0.25) is 0 Å². The number of methoxy groups -OCH3 is 1. The number of aliphatic hydroxyl groups is 1. The van der Waals surface area contributed by atoms with E-state index in [9.17, 15) is 9.90 Å². The molecular formula is C16H25NO4. The monoisotopic (exact) mass is 295 g/mol. The summed E-state index contributed by atoms with van der Waals surface area (Å²) in [6.45, 7) is 8.63. The molecule has 0 aliphatic heterocycles. The van der Waals surface area contributed by atoms with Crippen LogP contribution >= 0.6 is 0 Å². The number of rotatable bonds is 6. The predicted octanol–water partition coefficient (Wildman–Crippen LogP) is 2.05. The van der Waals surface area contributed by atoms with Gasteiger partial charge in [-0.1, -0.05) is 6.07 Å². The Bertz CT molecular complexity index is 503. The minimum atomic E-state index is -1.04. The van der Waals surface area contributed by atoms with Gasteiger partial charge < -0.3 is 19.9 Å². The van der Waals surface area contributed by atoms with Gasteiger partial charge in [-0.2, -0.15) is 0 Å². The second-order valence-corrected chi connectivity index (χ2v) is 6.18. The van der Waals surface area contributed by atoms with Gasteiger partial charge in [0.05, 0.1) is 18.2 Å². The first-order valence-corrected chi connectivity index (χ1v) is 6.87. The Balaban J connectivity index is 2.66. The number of carbonyl (C=O) groups excluding carboxylic acids is 1. The molecular weight excluding hydrogens is 270 g/mol. The van der Waals surface area contributed by atoms with Gasteiger partial charge in [-0.15, -0.1) is 0 Å². The third kappa shape index (κ3) is 4.63. The van der Waals surface area contributed by atoms with Crippen LogP contribution in [0, 0.1) is 6.92 Å². The third-order valence-corrected chi connectivity index (χ3v) is 3.66. The van der Waals surface area contributed by atoms with E-state index in [0.717, 1.165) is 5.56 Å². The van der Waals surface area contributed by atoms with Crippen LogP contribution in [0.5, 0.6) is 11.5 Å². The zero-order valence-electron chi connectivity index (χ0n) is 13.6. The zero-order valence-corrected chi connectivity index (χ0v) is 13.6. The van der Waals surface area contributed by atoms with Gasteiger partial charge in [0, 0.05) is 0 Å². The van der Waals surface area contributed by atoms with Gasteiger partial charge in [-0.05, 0) is 52.3 Å². The van der Waals surface area contributed by atoms with E-state index in [2.05, 4.69) is 5.32 Å². The fraction of sp³-hybridized carbons (Fsp3) is 0.562. The van der Waals surface area contributed by atoms with Crippen LogP contribution in [0.25, 0.3) is 0 Å². The Morgan fingerprint density at radius 3 is 2.38 bits per heavy atom. The van der Waals surface area contributed by atoms with E-state index in [-0.39, 0.29) is 12.5 Å². The molecule has 1 aromatic rings. The van der Waals surface area contributed by atoms with Gasteiger partial charge in [-0.25, -0.2) is 0 Å². The number of hydrogen-bond donors (Lipinski definition) is 2. The summed E-state index contributed by atoms with van der Waals surface area (Å²) in [6, 6.07) is 5.49. The molecule has 0 aliphatic rings. The van der Waals surface area contributed by atoms with Crippen molar-refractivity contribution in [2.24, 2.45) is 0 Å². The second-order valence-electron chi connectivity index (χ2n) is 6.18. The molecule has 0 spiro atoms. The molecule has 1 aromatic carbocycles. The highest BCUT2D eigenvalue weighted by Crippen LogP contribution is 2.27. The summed E-state index contributed by atoms with van der Waals surface area (Å²) in [6.07, 6.45) is 0. The number of nitrogens with one attached hydrogen (secondary N) is 1. The lowest BCUT2D eigenvalue weighted by Crippen LogP contribution is -2.58. The standard InChI is InChI=1S/C16H25NO4/c1-11-7-8-12(13(9-11)20-6)21-10-14(18)17-15(2,3)16(4,5)19/h7-9,19H,10H2,1-6H3,(H,17,18). The molecule has 0 aromatic heterocycles. The molecule has 0 saturated heterocycles. The van der Waals surface area contributed by atoms with Crippen molar-refractivity contribution >= 4 is 5.91 Å². The fourth-order valence-electron chi connectivity index (χ4n) is 1.57. The van der Waals surface area contributed by atoms with Crippen molar-refractivity contribution in [3.63, 3.8) is 0 Å². The summed E-state index contributed by atoms with van der Waals surface area (Å²) in [5, 5.41) is 12.8. The van der Waals surface area contributed by atoms with Gasteiger partial charge >= 0.3 is 0 Å². The van der Waals surface area contributed by atoms with Crippen LogP contribution in [0.15, 0.2) is 18.2 Å². The van der Waals surface area contributed by atoms with Crippen LogP contribution in [0.4, 0.5) is 0 Å². The minimum absolute atomic E-state index is 0.140. The van der Waals surface area contributed by atoms with Crippen molar-refractivity contribution in [3.05, 3.63) is 23.8 Å². The molecule has 0 radical (unpaired) electrons. The first-order valence-electron chi connectivity index (χ1n) is 6.87. The molecule has 0 heterocycles. The Labute approximate surface area is 126 Å². The van der Waals surface area contributed by atoms with E-state index in [4.69, 9.17) is 9.47 Å². The minimum Gasteiger partial charge on any atom is -0.493 e.